The van der Waals surface area contributed by atoms with Crippen LogP contribution in [0.1, 0.15) is 23.7 Å². The molecule has 2 heterocycles. The lowest BCUT2D eigenvalue weighted by Gasteiger charge is -2.46. The lowest BCUT2D eigenvalue weighted by molar-refractivity contribution is -0.142. The maximum absolute atomic E-state index is 13.4. The van der Waals surface area contributed by atoms with Crippen LogP contribution in [0.3, 0.4) is 0 Å². The number of methoxy groups -OCH3 is 2. The quantitative estimate of drug-likeness (QED) is 0.428. The van der Waals surface area contributed by atoms with Gasteiger partial charge in [0.15, 0.2) is 0 Å². The summed E-state index contributed by atoms with van der Waals surface area (Å²) in [4.78, 5) is 44.6. The first-order chi connectivity index (χ1) is 20.4. The molecular formula is C32H38N4O6. The monoisotopic (exact) mass is 574 g/mol. The lowest BCUT2D eigenvalue weighted by atomic mass is 9.98. The molecule has 2 aliphatic heterocycles. The van der Waals surface area contributed by atoms with Gasteiger partial charge in [0, 0.05) is 38.4 Å². The van der Waals surface area contributed by atoms with Crippen molar-refractivity contribution >= 4 is 34.4 Å². The minimum atomic E-state index is -0.787. The molecular weight excluding hydrogens is 536 g/mol. The number of piperazine rings is 1. The molecule has 1 N–H and O–H groups in total. The average molecular weight is 575 g/mol. The second-order valence-corrected chi connectivity index (χ2v) is 10.7. The summed E-state index contributed by atoms with van der Waals surface area (Å²) in [6.07, 6.45) is 0.0996. The van der Waals surface area contributed by atoms with Gasteiger partial charge in [-0.3, -0.25) is 4.90 Å². The third-order valence-electron chi connectivity index (χ3n) is 8.17. The molecule has 0 aromatic heterocycles. The zero-order valence-electron chi connectivity index (χ0n) is 24.3. The fraction of sp³-hybridized carbons (Fsp3) is 0.406. The molecule has 2 amide bonds. The molecule has 2 saturated heterocycles. The van der Waals surface area contributed by atoms with Gasteiger partial charge in [-0.2, -0.15) is 0 Å². The number of urea groups is 1. The summed E-state index contributed by atoms with van der Waals surface area (Å²) in [5.41, 5.74) is 1.61. The summed E-state index contributed by atoms with van der Waals surface area (Å²) in [7, 11) is 2.94. The van der Waals surface area contributed by atoms with Crippen molar-refractivity contribution in [3.63, 3.8) is 0 Å². The van der Waals surface area contributed by atoms with E-state index in [0.717, 1.165) is 48.4 Å². The van der Waals surface area contributed by atoms with Gasteiger partial charge >= 0.3 is 18.0 Å². The topological polar surface area (TPSA) is 101 Å². The van der Waals surface area contributed by atoms with Gasteiger partial charge in [0.2, 0.25) is 0 Å². The summed E-state index contributed by atoms with van der Waals surface area (Å²) >= 11 is 0. The number of carbonyl (C=O) groups excluding carboxylic acids is 3. The van der Waals surface area contributed by atoms with Gasteiger partial charge in [-0.05, 0) is 60.5 Å². The van der Waals surface area contributed by atoms with Gasteiger partial charge in [0.05, 0.1) is 32.4 Å². The average Bonchev–Trinajstić information content (AvgIpc) is 3.04. The predicted molar refractivity (Wildman–Crippen MR) is 160 cm³/mol. The third-order valence-corrected chi connectivity index (χ3v) is 8.17. The fourth-order valence-corrected chi connectivity index (χ4v) is 5.76. The molecule has 10 heteroatoms. The van der Waals surface area contributed by atoms with Crippen LogP contribution in [0.2, 0.25) is 0 Å². The van der Waals surface area contributed by atoms with E-state index in [1.54, 1.807) is 25.0 Å². The van der Waals surface area contributed by atoms with Crippen LogP contribution in [0.25, 0.3) is 10.8 Å². The highest BCUT2D eigenvalue weighted by atomic mass is 16.5. The van der Waals surface area contributed by atoms with E-state index in [1.807, 2.05) is 48.5 Å². The first kappa shape index (κ1) is 29.2. The number of carbonyl (C=O) groups is 3. The Bertz CT molecular complexity index is 1410. The second-order valence-electron chi connectivity index (χ2n) is 10.7. The summed E-state index contributed by atoms with van der Waals surface area (Å²) < 4.78 is 16.2. The Morgan fingerprint density at radius 2 is 1.60 bits per heavy atom. The van der Waals surface area contributed by atoms with Crippen molar-refractivity contribution in [2.24, 2.45) is 0 Å². The summed E-state index contributed by atoms with van der Waals surface area (Å²) in [6, 6.07) is 20.2. The molecule has 222 valence electrons. The van der Waals surface area contributed by atoms with Gasteiger partial charge in [-0.1, -0.05) is 30.3 Å². The van der Waals surface area contributed by atoms with Crippen molar-refractivity contribution in [1.82, 2.24) is 15.1 Å². The fourth-order valence-electron chi connectivity index (χ4n) is 5.76. The van der Waals surface area contributed by atoms with Crippen molar-refractivity contribution in [3.8, 4) is 5.75 Å². The van der Waals surface area contributed by atoms with E-state index in [-0.39, 0.29) is 18.6 Å². The molecule has 0 spiro atoms. The van der Waals surface area contributed by atoms with Crippen molar-refractivity contribution < 1.29 is 28.6 Å². The summed E-state index contributed by atoms with van der Waals surface area (Å²) in [5, 5.41) is 4.70. The van der Waals surface area contributed by atoms with Crippen molar-refractivity contribution in [2.75, 3.05) is 58.4 Å². The summed E-state index contributed by atoms with van der Waals surface area (Å²) in [5.74, 6) is -0.115. The van der Waals surface area contributed by atoms with Crippen LogP contribution >= 0.6 is 0 Å². The number of fused-ring (bicyclic) bond motifs is 1. The van der Waals surface area contributed by atoms with E-state index >= 15 is 0 Å². The Hall–Kier alpha value is -4.31. The number of benzene rings is 3. The largest absolute Gasteiger partial charge is 0.497 e. The van der Waals surface area contributed by atoms with E-state index in [2.05, 4.69) is 27.2 Å². The number of nitrogens with one attached hydrogen (secondary N) is 1. The first-order valence-electron chi connectivity index (χ1n) is 14.3. The summed E-state index contributed by atoms with van der Waals surface area (Å²) in [6.45, 7) is 5.54. The number of esters is 2. The molecule has 0 aliphatic carbocycles. The number of anilines is 1. The third kappa shape index (κ3) is 6.60. The van der Waals surface area contributed by atoms with Gasteiger partial charge in [-0.15, -0.1) is 0 Å². The number of hydrogen-bond acceptors (Lipinski definition) is 8. The van der Waals surface area contributed by atoms with E-state index in [4.69, 9.17) is 14.2 Å². The number of likely N-dealkylation sites (tertiary alicyclic amines) is 1. The number of hydrogen-bond donors (Lipinski definition) is 1. The number of nitrogens with zero attached hydrogens (tertiary/aromatic N) is 3. The van der Waals surface area contributed by atoms with E-state index < -0.39 is 24.1 Å². The highest BCUT2D eigenvalue weighted by molar-refractivity contribution is 5.95. The standard InChI is InChI=1S/C32H38N4O6/c1-22(30(37)41-3)33-32(39)36-15-14-28(35-18-16-34(17-19-35)26-10-12-27(40-2)13-11-26)29(21-36)42-31(38)25-9-8-23-6-4-5-7-24(23)20-25/h4-13,20,22,28-29H,14-19,21H2,1-3H3,(H,33,39)/t22?,28-,29-/m1/s1. The number of rotatable bonds is 7. The van der Waals surface area contributed by atoms with E-state index in [1.165, 1.54) is 7.11 Å². The van der Waals surface area contributed by atoms with Crippen LogP contribution in [-0.4, -0.2) is 99.4 Å². The van der Waals surface area contributed by atoms with E-state index in [9.17, 15) is 14.4 Å². The molecule has 3 atom stereocenters. The Morgan fingerprint density at radius 3 is 2.29 bits per heavy atom. The molecule has 0 bridgehead atoms. The molecule has 1 unspecified atom stereocenters. The zero-order valence-corrected chi connectivity index (χ0v) is 24.3. The zero-order chi connectivity index (χ0) is 29.6. The molecule has 2 aliphatic rings. The van der Waals surface area contributed by atoms with Gasteiger partial charge < -0.3 is 29.3 Å². The molecule has 0 saturated carbocycles. The highest BCUT2D eigenvalue weighted by Gasteiger charge is 2.39. The normalized spacial score (nSPS) is 20.1. The molecule has 3 aromatic carbocycles. The van der Waals surface area contributed by atoms with Crippen LogP contribution in [0.5, 0.6) is 5.75 Å². The molecule has 2 fully saturated rings. The van der Waals surface area contributed by atoms with E-state index in [0.29, 0.717) is 18.5 Å². The van der Waals surface area contributed by atoms with Crippen LogP contribution < -0.4 is 15.0 Å². The van der Waals surface area contributed by atoms with Crippen molar-refractivity contribution in [2.45, 2.75) is 31.5 Å². The lowest BCUT2D eigenvalue weighted by Crippen LogP contribution is -2.62. The molecule has 42 heavy (non-hydrogen) atoms. The first-order valence-corrected chi connectivity index (χ1v) is 14.3. The minimum Gasteiger partial charge on any atom is -0.497 e. The number of piperidine rings is 1. The van der Waals surface area contributed by atoms with Crippen LogP contribution in [0.15, 0.2) is 66.7 Å². The SMILES string of the molecule is COC(=O)C(C)NC(=O)N1CC[C@@H](N2CCN(c3ccc(OC)cc3)CC2)[C@H](OC(=O)c2ccc3ccccc3c2)C1. The Kier molecular flexibility index (Phi) is 9.12. The maximum atomic E-state index is 13.4. The maximum Gasteiger partial charge on any atom is 0.338 e. The highest BCUT2D eigenvalue weighted by Crippen LogP contribution is 2.26. The molecule has 3 aromatic rings. The van der Waals surface area contributed by atoms with Gasteiger partial charge in [0.1, 0.15) is 17.9 Å². The number of amides is 2. The van der Waals surface area contributed by atoms with Crippen LogP contribution in [0, 0.1) is 0 Å². The predicted octanol–water partition coefficient (Wildman–Crippen LogP) is 3.54. The van der Waals surface area contributed by atoms with Crippen LogP contribution in [-0.2, 0) is 14.3 Å². The second kappa shape index (κ2) is 13.1. The Labute approximate surface area is 246 Å². The molecule has 5 rings (SSSR count). The smallest absolute Gasteiger partial charge is 0.338 e. The van der Waals surface area contributed by atoms with Crippen LogP contribution in [0.4, 0.5) is 10.5 Å². The Balaban J connectivity index is 1.29. The van der Waals surface area contributed by atoms with Crippen molar-refractivity contribution in [3.05, 3.63) is 72.3 Å². The van der Waals surface area contributed by atoms with Gasteiger partial charge in [-0.25, -0.2) is 14.4 Å². The van der Waals surface area contributed by atoms with Gasteiger partial charge in [0.25, 0.3) is 0 Å². The molecule has 0 radical (unpaired) electrons. The molecule has 10 nitrogen and oxygen atoms in total. The number of ether oxygens (including phenoxy) is 3. The van der Waals surface area contributed by atoms with Crippen molar-refractivity contribution in [1.29, 1.82) is 0 Å². The minimum absolute atomic E-state index is 0.0468. The Morgan fingerprint density at radius 1 is 0.881 bits per heavy atom.